The van der Waals surface area contributed by atoms with Crippen LogP contribution in [0, 0.1) is 17.7 Å². The van der Waals surface area contributed by atoms with Gasteiger partial charge in [0.15, 0.2) is 0 Å². The normalized spacial score (nSPS) is 29.9. The summed E-state index contributed by atoms with van der Waals surface area (Å²) < 4.78 is 47.2. The number of nitrogens with one attached hydrogen (secondary N) is 1. The van der Waals surface area contributed by atoms with Gasteiger partial charge in [0.1, 0.15) is 5.82 Å². The summed E-state index contributed by atoms with van der Waals surface area (Å²) in [6.07, 6.45) is 2.97. The highest BCUT2D eigenvalue weighted by molar-refractivity contribution is 7.83. The lowest BCUT2D eigenvalue weighted by molar-refractivity contribution is 0.364. The van der Waals surface area contributed by atoms with Crippen molar-refractivity contribution in [3.05, 3.63) is 35.1 Å². The van der Waals surface area contributed by atoms with E-state index in [9.17, 15) is 12.8 Å². The van der Waals surface area contributed by atoms with E-state index in [4.69, 9.17) is 4.55 Å². The fourth-order valence-corrected chi connectivity index (χ4v) is 4.29. The molecule has 3 rings (SSSR count). The van der Waals surface area contributed by atoms with Crippen LogP contribution in [0.2, 0.25) is 0 Å². The zero-order chi connectivity index (χ0) is 13.6. The van der Waals surface area contributed by atoms with Crippen LogP contribution in [0.25, 0.3) is 0 Å². The highest BCUT2D eigenvalue weighted by Crippen LogP contribution is 2.40. The van der Waals surface area contributed by atoms with Gasteiger partial charge in [-0.25, -0.2) is 4.39 Å². The molecule has 2 aliphatic carbocycles. The maximum atomic E-state index is 13.9. The van der Waals surface area contributed by atoms with Gasteiger partial charge < -0.3 is 0 Å². The molecule has 0 radical (unpaired) electrons. The molecule has 3 unspecified atom stereocenters. The maximum absolute atomic E-state index is 13.9. The van der Waals surface area contributed by atoms with Crippen molar-refractivity contribution in [3.63, 3.8) is 0 Å². The molecule has 0 aliphatic heterocycles. The Kier molecular flexibility index (Phi) is 3.11. The van der Waals surface area contributed by atoms with Gasteiger partial charge in [-0.3, -0.25) is 4.55 Å². The highest BCUT2D eigenvalue weighted by atomic mass is 32.2. The van der Waals surface area contributed by atoms with Crippen LogP contribution < -0.4 is 4.72 Å². The van der Waals surface area contributed by atoms with Crippen molar-refractivity contribution in [2.45, 2.75) is 31.7 Å². The van der Waals surface area contributed by atoms with Crippen LogP contribution in [0.5, 0.6) is 0 Å². The van der Waals surface area contributed by atoms with Crippen LogP contribution in [-0.2, 0) is 23.1 Å². The summed E-state index contributed by atoms with van der Waals surface area (Å²) in [4.78, 5) is 0. The third-order valence-corrected chi connectivity index (χ3v) is 4.94. The van der Waals surface area contributed by atoms with Gasteiger partial charge in [-0.15, -0.1) is 0 Å². The molecule has 6 heteroatoms. The van der Waals surface area contributed by atoms with Crippen molar-refractivity contribution in [2.75, 3.05) is 0 Å². The smallest absolute Gasteiger partial charge is 0.273 e. The third-order valence-electron chi connectivity index (χ3n) is 4.37. The molecule has 19 heavy (non-hydrogen) atoms. The van der Waals surface area contributed by atoms with Gasteiger partial charge in [-0.2, -0.15) is 13.1 Å². The van der Waals surface area contributed by atoms with E-state index < -0.39 is 10.3 Å². The van der Waals surface area contributed by atoms with Crippen LogP contribution in [0.4, 0.5) is 4.39 Å². The van der Waals surface area contributed by atoms with Gasteiger partial charge in [0, 0.05) is 6.04 Å². The Bertz CT molecular complexity index is 602. The molecule has 4 nitrogen and oxygen atoms in total. The summed E-state index contributed by atoms with van der Waals surface area (Å²) in [5.41, 5.74) is 1.67. The Morgan fingerprint density at radius 2 is 1.89 bits per heavy atom. The third kappa shape index (κ3) is 2.52. The summed E-state index contributed by atoms with van der Waals surface area (Å²) in [5.74, 6) is -0.0179. The van der Waals surface area contributed by atoms with Crippen LogP contribution in [0.1, 0.15) is 24.0 Å². The van der Waals surface area contributed by atoms with Gasteiger partial charge in [-0.1, -0.05) is 12.1 Å². The second kappa shape index (κ2) is 4.54. The fraction of sp³-hybridized carbons (Fsp3) is 0.538. The molecule has 0 aromatic heterocycles. The van der Waals surface area contributed by atoms with Crippen molar-refractivity contribution in [1.29, 1.82) is 0 Å². The molecule has 1 fully saturated rings. The molecular formula is C13H16FNO3S. The monoisotopic (exact) mass is 285 g/mol. The predicted molar refractivity (Wildman–Crippen MR) is 68.5 cm³/mol. The van der Waals surface area contributed by atoms with E-state index >= 15 is 0 Å². The maximum Gasteiger partial charge on any atom is 0.333 e. The van der Waals surface area contributed by atoms with E-state index in [1.165, 1.54) is 6.07 Å². The summed E-state index contributed by atoms with van der Waals surface area (Å²) in [6.45, 7) is 0. The minimum atomic E-state index is -4.21. The first-order chi connectivity index (χ1) is 8.94. The van der Waals surface area contributed by atoms with Gasteiger partial charge in [0.25, 0.3) is 0 Å². The number of rotatable bonds is 2. The zero-order valence-corrected chi connectivity index (χ0v) is 11.2. The molecule has 0 heterocycles. The Balaban J connectivity index is 1.94. The second-order valence-electron chi connectivity index (χ2n) is 5.50. The molecule has 1 aromatic rings. The van der Waals surface area contributed by atoms with Crippen molar-refractivity contribution < 1.29 is 17.4 Å². The summed E-state index contributed by atoms with van der Waals surface area (Å²) in [7, 11) is -4.21. The SMILES string of the molecule is O=S(=O)(O)NC1C2CCC1Cc1c(F)cccc1C2. The Morgan fingerprint density at radius 1 is 1.21 bits per heavy atom. The largest absolute Gasteiger partial charge is 0.333 e. The quantitative estimate of drug-likeness (QED) is 0.813. The molecule has 104 valence electrons. The van der Waals surface area contributed by atoms with E-state index in [2.05, 4.69) is 4.72 Å². The molecule has 1 saturated carbocycles. The Hall–Kier alpha value is -0.980. The minimum absolute atomic E-state index is 0.0603. The molecule has 0 amide bonds. The molecule has 0 spiro atoms. The van der Waals surface area contributed by atoms with Gasteiger partial charge >= 0.3 is 10.3 Å². The highest BCUT2D eigenvalue weighted by Gasteiger charge is 2.41. The fourth-order valence-electron chi connectivity index (χ4n) is 3.56. The van der Waals surface area contributed by atoms with Crippen LogP contribution in [-0.4, -0.2) is 19.0 Å². The Morgan fingerprint density at radius 3 is 2.58 bits per heavy atom. The van der Waals surface area contributed by atoms with Gasteiger partial charge in [0.05, 0.1) is 0 Å². The average molecular weight is 285 g/mol. The minimum Gasteiger partial charge on any atom is -0.273 e. The Labute approximate surface area is 111 Å². The van der Waals surface area contributed by atoms with E-state index in [0.29, 0.717) is 18.4 Å². The first kappa shape index (κ1) is 13.0. The van der Waals surface area contributed by atoms with Gasteiger partial charge in [-0.05, 0) is 54.7 Å². The van der Waals surface area contributed by atoms with E-state index in [1.54, 1.807) is 6.07 Å². The van der Waals surface area contributed by atoms with Gasteiger partial charge in [0.2, 0.25) is 0 Å². The molecular weight excluding hydrogens is 269 g/mol. The standard InChI is InChI=1S/C13H16FNO3S/c14-12-3-1-2-8-6-9-4-5-10(7-11(8)12)13(9)15-19(16,17)18/h1-3,9-10,13,15H,4-7H2,(H,16,17,18). The van der Waals surface area contributed by atoms with Crippen molar-refractivity contribution in [1.82, 2.24) is 4.72 Å². The second-order valence-corrected chi connectivity index (χ2v) is 6.69. The van der Waals surface area contributed by atoms with E-state index in [-0.39, 0.29) is 23.7 Å². The topological polar surface area (TPSA) is 66.4 Å². The van der Waals surface area contributed by atoms with Crippen LogP contribution >= 0.6 is 0 Å². The lowest BCUT2D eigenvalue weighted by Crippen LogP contribution is -2.41. The van der Waals surface area contributed by atoms with Crippen molar-refractivity contribution in [3.8, 4) is 0 Å². The lowest BCUT2D eigenvalue weighted by Gasteiger charge is -2.21. The van der Waals surface area contributed by atoms with E-state index in [0.717, 1.165) is 18.4 Å². The molecule has 2 bridgehead atoms. The summed E-state index contributed by atoms with van der Waals surface area (Å²) >= 11 is 0. The van der Waals surface area contributed by atoms with Crippen molar-refractivity contribution >= 4 is 10.3 Å². The molecule has 0 saturated heterocycles. The lowest BCUT2D eigenvalue weighted by atomic mass is 9.93. The molecule has 1 aromatic carbocycles. The number of benzene rings is 1. The van der Waals surface area contributed by atoms with E-state index in [1.807, 2.05) is 6.07 Å². The van der Waals surface area contributed by atoms with Crippen LogP contribution in [0.15, 0.2) is 18.2 Å². The average Bonchev–Trinajstić information content (AvgIpc) is 2.53. The predicted octanol–water partition coefficient (Wildman–Crippen LogP) is 1.71. The number of hydrogen-bond donors (Lipinski definition) is 2. The molecule has 3 atom stereocenters. The molecule has 2 N–H and O–H groups in total. The zero-order valence-electron chi connectivity index (χ0n) is 10.3. The number of halogens is 1. The van der Waals surface area contributed by atoms with Crippen molar-refractivity contribution in [2.24, 2.45) is 11.8 Å². The molecule has 2 aliphatic rings. The number of fused-ring (bicyclic) bond motifs is 3. The number of hydrogen-bond acceptors (Lipinski definition) is 2. The first-order valence-corrected chi connectivity index (χ1v) is 7.89. The summed E-state index contributed by atoms with van der Waals surface area (Å²) in [5, 5.41) is 0. The first-order valence-electron chi connectivity index (χ1n) is 6.45. The summed E-state index contributed by atoms with van der Waals surface area (Å²) in [6, 6.07) is 4.76. The van der Waals surface area contributed by atoms with Crippen LogP contribution in [0.3, 0.4) is 0 Å².